The molecule has 0 aromatic carbocycles. The molecule has 350 valence electrons. The quantitative estimate of drug-likeness (QED) is 0.211. The van der Waals surface area contributed by atoms with Crippen molar-refractivity contribution >= 4 is 57.3 Å². The van der Waals surface area contributed by atoms with Gasteiger partial charge in [-0.3, -0.25) is 14.4 Å². The van der Waals surface area contributed by atoms with Gasteiger partial charge in [0.15, 0.2) is 11.6 Å². The number of rotatable bonds is 11. The van der Waals surface area contributed by atoms with Crippen LogP contribution in [0.25, 0.3) is 11.1 Å². The number of hydrogen-bond donors (Lipinski definition) is 2. The molecule has 2 saturated heterocycles. The number of nitrogens with zero attached hydrogens (tertiary/aromatic N) is 4. The van der Waals surface area contributed by atoms with E-state index in [1.165, 1.54) is 33.6 Å². The zero-order chi connectivity index (χ0) is 47.4. The normalized spacial score (nSPS) is 17.5. The van der Waals surface area contributed by atoms with Crippen LogP contribution in [0.4, 0.5) is 0 Å². The Bertz CT molecular complexity index is 2230. The molecule has 6 rings (SSSR count). The van der Waals surface area contributed by atoms with Crippen LogP contribution in [0.3, 0.4) is 0 Å². The molecule has 2 fully saturated rings. The van der Waals surface area contributed by atoms with Crippen molar-refractivity contribution in [3.05, 3.63) is 99.5 Å². The molecule has 0 saturated carbocycles. The zero-order valence-electron chi connectivity index (χ0n) is 40.9. The summed E-state index contributed by atoms with van der Waals surface area (Å²) in [6.07, 6.45) is 11.4. The summed E-state index contributed by atoms with van der Waals surface area (Å²) >= 11 is 3.34. The molecule has 2 aliphatic heterocycles. The van der Waals surface area contributed by atoms with Gasteiger partial charge < -0.3 is 15.8 Å². The maximum atomic E-state index is 12.9. The topological polar surface area (TPSA) is 129 Å². The first kappa shape index (κ1) is 52.5. The van der Waals surface area contributed by atoms with E-state index in [9.17, 15) is 19.2 Å². The number of nitrogens with one attached hydrogen (secondary N) is 1. The fourth-order valence-electron chi connectivity index (χ4n) is 8.99. The molecule has 2 aromatic heterocycles. The number of Topliss-reactive ketones (excluding diaryl/α,β-unsaturated/α-hetero) is 2. The van der Waals surface area contributed by atoms with Gasteiger partial charge >= 0.3 is 5.97 Å². The second kappa shape index (κ2) is 24.4. The lowest BCUT2D eigenvalue weighted by Gasteiger charge is -2.34. The lowest BCUT2D eigenvalue weighted by Crippen LogP contribution is -2.41. The molecule has 0 atom stereocenters. The predicted molar refractivity (Wildman–Crippen MR) is 266 cm³/mol. The van der Waals surface area contributed by atoms with Gasteiger partial charge in [-0.15, -0.1) is 22.7 Å². The lowest BCUT2D eigenvalue weighted by molar-refractivity contribution is -0.115. The van der Waals surface area contributed by atoms with Crippen LogP contribution in [0.1, 0.15) is 135 Å². The average molecular weight is 915 g/mol. The van der Waals surface area contributed by atoms with Gasteiger partial charge in [0.1, 0.15) is 0 Å². The zero-order valence-corrected chi connectivity index (χ0v) is 42.6. The van der Waals surface area contributed by atoms with E-state index in [1.807, 2.05) is 64.5 Å². The fourth-order valence-corrected chi connectivity index (χ4v) is 11.5. The Morgan fingerprint density at radius 3 is 1.47 bits per heavy atom. The number of allylic oxidation sites excluding steroid dienone is 8. The second-order valence-electron chi connectivity index (χ2n) is 17.6. The number of carbonyl (C=O) groups is 4. The van der Waals surface area contributed by atoms with Gasteiger partial charge in [-0.25, -0.2) is 24.8 Å². The summed E-state index contributed by atoms with van der Waals surface area (Å²) in [5.41, 5.74) is 20.6. The first-order valence-corrected chi connectivity index (χ1v) is 24.4. The van der Waals surface area contributed by atoms with Crippen LogP contribution < -0.4 is 11.1 Å². The Balaban J connectivity index is 0.000000235. The van der Waals surface area contributed by atoms with Crippen LogP contribution in [0.2, 0.25) is 0 Å². The molecule has 2 aromatic rings. The number of nitrogens with two attached hydrogens (primary N) is 1. The van der Waals surface area contributed by atoms with E-state index >= 15 is 0 Å². The summed E-state index contributed by atoms with van der Waals surface area (Å²) in [7, 11) is 9.83. The minimum absolute atomic E-state index is 0.0951. The molecule has 4 heterocycles. The summed E-state index contributed by atoms with van der Waals surface area (Å²) in [4.78, 5) is 50.8. The van der Waals surface area contributed by atoms with E-state index in [1.54, 1.807) is 28.2 Å². The van der Waals surface area contributed by atoms with Crippen molar-refractivity contribution in [2.24, 2.45) is 5.73 Å². The maximum Gasteiger partial charge on any atom is 0.338 e. The van der Waals surface area contributed by atoms with Crippen molar-refractivity contribution in [2.45, 2.75) is 107 Å². The first-order chi connectivity index (χ1) is 30.4. The molecule has 0 radical (unpaired) electrons. The molecular formula is C51H74N6O5S2. The van der Waals surface area contributed by atoms with Gasteiger partial charge in [0.25, 0.3) is 5.91 Å². The van der Waals surface area contributed by atoms with Crippen LogP contribution in [0.15, 0.2) is 67.5 Å². The third-order valence-electron chi connectivity index (χ3n) is 12.7. The molecule has 0 bridgehead atoms. The van der Waals surface area contributed by atoms with Crippen molar-refractivity contribution < 1.29 is 23.9 Å². The Labute approximate surface area is 391 Å². The van der Waals surface area contributed by atoms with E-state index in [-0.39, 0.29) is 23.4 Å². The molecular weight excluding hydrogens is 841 g/mol. The molecule has 1 amide bonds. The maximum absolute atomic E-state index is 12.9. The predicted octanol–water partition coefficient (Wildman–Crippen LogP) is 9.52. The third kappa shape index (κ3) is 13.3. The highest BCUT2D eigenvalue weighted by atomic mass is 32.1. The molecule has 0 unspecified atom stereocenters. The average Bonchev–Trinajstić information content (AvgIpc) is 3.83. The van der Waals surface area contributed by atoms with E-state index in [2.05, 4.69) is 67.4 Å². The largest absolute Gasteiger partial charge is 0.465 e. The van der Waals surface area contributed by atoms with Gasteiger partial charge in [0.05, 0.1) is 18.2 Å². The van der Waals surface area contributed by atoms with Crippen molar-refractivity contribution in [1.82, 2.24) is 25.4 Å². The molecule has 11 nitrogen and oxygen atoms in total. The summed E-state index contributed by atoms with van der Waals surface area (Å²) in [5.74, 6) is -0.0299. The van der Waals surface area contributed by atoms with E-state index in [0.29, 0.717) is 31.5 Å². The number of esters is 1. The van der Waals surface area contributed by atoms with Crippen molar-refractivity contribution in [3.8, 4) is 0 Å². The van der Waals surface area contributed by atoms with Crippen LogP contribution in [0.5, 0.6) is 0 Å². The summed E-state index contributed by atoms with van der Waals surface area (Å²) in [5, 5.41) is 16.0. The monoisotopic (exact) mass is 915 g/mol. The van der Waals surface area contributed by atoms with E-state index in [4.69, 9.17) is 10.5 Å². The minimum atomic E-state index is -0.233. The lowest BCUT2D eigenvalue weighted by atomic mass is 9.92. The smallest absolute Gasteiger partial charge is 0.338 e. The Morgan fingerprint density at radius 2 is 1.09 bits per heavy atom. The first-order valence-electron chi connectivity index (χ1n) is 22.7. The third-order valence-corrected chi connectivity index (χ3v) is 15.0. The van der Waals surface area contributed by atoms with Crippen molar-refractivity contribution in [1.29, 1.82) is 0 Å². The Hall–Kier alpha value is -4.08. The van der Waals surface area contributed by atoms with Crippen LogP contribution in [0, 0.1) is 13.8 Å². The summed E-state index contributed by atoms with van der Waals surface area (Å²) in [6, 6.07) is 0. The molecule has 13 heteroatoms. The summed E-state index contributed by atoms with van der Waals surface area (Å²) < 4.78 is 4.87. The van der Waals surface area contributed by atoms with Crippen LogP contribution in [-0.2, 0) is 14.3 Å². The van der Waals surface area contributed by atoms with Gasteiger partial charge in [0, 0.05) is 112 Å². The fraction of sp³-hybridized carbons (Fsp3) is 0.529. The van der Waals surface area contributed by atoms with Gasteiger partial charge in [-0.2, -0.15) is 0 Å². The molecule has 2 aliphatic carbocycles. The number of methoxy groups -OCH3 is 1. The number of amides is 1. The SMILES string of the molecule is CC1=CC(C)=C(CN)C(=O)C1.CCC(=C1CCN(N(C)C)CC1)c1scc(C(=O)NCC2=C(C)C=C(C)CC2=O)c1C.CCC(=C1CCN(N(C)C)CC1)c1scc(C(=O)OC)c1C. The van der Waals surface area contributed by atoms with E-state index < -0.39 is 0 Å². The van der Waals surface area contributed by atoms with E-state index in [0.717, 1.165) is 115 Å². The van der Waals surface area contributed by atoms with Crippen LogP contribution in [-0.4, -0.2) is 118 Å². The van der Waals surface area contributed by atoms with Gasteiger partial charge in [-0.1, -0.05) is 48.3 Å². The Morgan fingerprint density at radius 1 is 0.688 bits per heavy atom. The number of ketones is 2. The molecule has 64 heavy (non-hydrogen) atoms. The number of hydrogen-bond acceptors (Lipinski definition) is 12. The number of hydrazine groups is 2. The highest BCUT2D eigenvalue weighted by molar-refractivity contribution is 7.12. The Kier molecular flexibility index (Phi) is 20.1. The van der Waals surface area contributed by atoms with Crippen molar-refractivity contribution in [3.63, 3.8) is 0 Å². The number of thiophene rings is 2. The molecule has 4 aliphatic rings. The summed E-state index contributed by atoms with van der Waals surface area (Å²) in [6.45, 7) is 21.2. The highest BCUT2D eigenvalue weighted by Gasteiger charge is 2.25. The highest BCUT2D eigenvalue weighted by Crippen LogP contribution is 2.38. The van der Waals surface area contributed by atoms with Gasteiger partial charge in [0.2, 0.25) is 0 Å². The number of ether oxygens (including phenoxy) is 1. The van der Waals surface area contributed by atoms with Crippen LogP contribution >= 0.6 is 22.7 Å². The molecule has 0 spiro atoms. The van der Waals surface area contributed by atoms with Gasteiger partial charge in [-0.05, 0) is 113 Å². The standard InChI is InChI=1S/C25H35N3O2S.C17H26N2O2S.C9H13NO/c1-7-20(19-8-10-28(11-9-19)27(5)6)24-18(4)22(15-31-24)25(30)26-14-21-17(3)12-16(2)13-23(21)29;1-6-14(13-7-9-19(10-8-13)18(3)4)16-12(2)15(11-22-16)17(20)21-5;1-6-3-7(2)8(5-10)9(11)4-6/h12,15H,7-11,13-14H2,1-6H3,(H,26,30);11H,6-10H2,1-5H3;3H,4-5,10H2,1-2H3. The molecule has 3 N–H and O–H groups in total. The second-order valence-corrected chi connectivity index (χ2v) is 19.3. The number of piperidine rings is 2. The minimum Gasteiger partial charge on any atom is -0.465 e. The van der Waals surface area contributed by atoms with Crippen molar-refractivity contribution in [2.75, 3.05) is 74.6 Å². The number of carbonyl (C=O) groups excluding carboxylic acids is 4.